The van der Waals surface area contributed by atoms with E-state index in [-0.39, 0.29) is 18.5 Å². The third-order valence-electron chi connectivity index (χ3n) is 5.06. The van der Waals surface area contributed by atoms with Crippen LogP contribution in [0.2, 0.25) is 0 Å². The third-order valence-corrected chi connectivity index (χ3v) is 5.06. The summed E-state index contributed by atoms with van der Waals surface area (Å²) in [7, 11) is 1.69. The van der Waals surface area contributed by atoms with Crippen molar-refractivity contribution < 1.29 is 14.2 Å². The van der Waals surface area contributed by atoms with Crippen molar-refractivity contribution in [2.45, 2.75) is 19.5 Å². The number of ether oxygens (including phenoxy) is 3. The number of nitrogen functional groups attached to an aromatic ring is 2. The van der Waals surface area contributed by atoms with Crippen molar-refractivity contribution in [3.8, 4) is 11.1 Å². The van der Waals surface area contributed by atoms with E-state index >= 15 is 0 Å². The smallest absolute Gasteiger partial charge is 0.172 e. The van der Waals surface area contributed by atoms with Crippen LogP contribution >= 0.6 is 0 Å². The van der Waals surface area contributed by atoms with E-state index in [1.54, 1.807) is 7.11 Å². The van der Waals surface area contributed by atoms with Crippen LogP contribution in [-0.2, 0) is 14.2 Å². The van der Waals surface area contributed by atoms with E-state index in [1.807, 2.05) is 43.3 Å². The maximum Gasteiger partial charge on any atom is 0.172 e. The Balaban J connectivity index is 1.77. The van der Waals surface area contributed by atoms with Crippen molar-refractivity contribution in [2.75, 3.05) is 31.7 Å². The topological polar surface area (TPSA) is 91.8 Å². The van der Waals surface area contributed by atoms with Crippen LogP contribution in [0, 0.1) is 5.92 Å². The van der Waals surface area contributed by atoms with E-state index in [4.69, 9.17) is 25.7 Å². The maximum atomic E-state index is 6.38. The number of benzene rings is 2. The van der Waals surface area contributed by atoms with Crippen LogP contribution < -0.4 is 16.8 Å². The fraction of sp³-hybridized carbons (Fsp3) is 0.333. The molecule has 6 nitrogen and oxygen atoms in total. The molecule has 2 aliphatic rings. The summed E-state index contributed by atoms with van der Waals surface area (Å²) in [5.74, 6) is 0.0599. The predicted octanol–water partition coefficient (Wildman–Crippen LogP) is 2.81. The number of methoxy groups -OCH3 is 1. The van der Waals surface area contributed by atoms with Gasteiger partial charge >= 0.3 is 0 Å². The van der Waals surface area contributed by atoms with Crippen molar-refractivity contribution in [3.05, 3.63) is 53.7 Å². The molecule has 2 aromatic rings. The molecule has 1 atom stereocenters. The number of nitrogens with two attached hydrogens (primary N) is 2. The second-order valence-electron chi connectivity index (χ2n) is 6.95. The Morgan fingerprint density at radius 3 is 2.59 bits per heavy atom. The summed E-state index contributed by atoms with van der Waals surface area (Å²) >= 11 is 0. The highest BCUT2D eigenvalue weighted by Crippen LogP contribution is 2.41. The monoisotopic (exact) mass is 367 g/mol. The molecule has 1 fully saturated rings. The first-order valence-corrected chi connectivity index (χ1v) is 9.09. The van der Waals surface area contributed by atoms with Gasteiger partial charge in [-0.25, -0.2) is 0 Å². The standard InChI is InChI=1S/C21H25N3O3/c1-12-26-21(27-12)17-10-24-19(11-25-2)20(17)16-9-14(6-7-18(16)23)13-4-3-5-15(22)8-13/h3-9,12,17,21,24H,10-11,22-23H2,1-2H3. The molecule has 2 aliphatic heterocycles. The number of anilines is 2. The molecule has 0 amide bonds. The van der Waals surface area contributed by atoms with Gasteiger partial charge in [0.15, 0.2) is 12.6 Å². The first-order chi connectivity index (χ1) is 13.1. The summed E-state index contributed by atoms with van der Waals surface area (Å²) in [6, 6.07) is 13.9. The minimum Gasteiger partial charge on any atom is -0.399 e. The molecule has 142 valence electrons. The molecule has 0 aliphatic carbocycles. The SMILES string of the molecule is COCC1=C(c2cc(-c3cccc(N)c3)ccc2N)C(C2OC(C)O2)CN1. The van der Waals surface area contributed by atoms with E-state index in [2.05, 4.69) is 11.4 Å². The van der Waals surface area contributed by atoms with Crippen molar-refractivity contribution in [1.82, 2.24) is 5.32 Å². The number of rotatable bonds is 5. The van der Waals surface area contributed by atoms with Crippen LogP contribution in [0.25, 0.3) is 16.7 Å². The van der Waals surface area contributed by atoms with E-state index < -0.39 is 0 Å². The van der Waals surface area contributed by atoms with Crippen LogP contribution in [0.1, 0.15) is 12.5 Å². The Morgan fingerprint density at radius 2 is 1.89 bits per heavy atom. The van der Waals surface area contributed by atoms with Crippen molar-refractivity contribution in [1.29, 1.82) is 0 Å². The molecule has 1 saturated heterocycles. The zero-order valence-electron chi connectivity index (χ0n) is 15.6. The van der Waals surface area contributed by atoms with Crippen LogP contribution in [0.15, 0.2) is 48.2 Å². The fourth-order valence-electron chi connectivity index (χ4n) is 3.79. The lowest BCUT2D eigenvalue weighted by atomic mass is 9.89. The van der Waals surface area contributed by atoms with Gasteiger partial charge in [0, 0.05) is 36.3 Å². The molecular formula is C21H25N3O3. The van der Waals surface area contributed by atoms with Gasteiger partial charge in [-0.05, 0) is 47.9 Å². The van der Waals surface area contributed by atoms with Crippen LogP contribution in [0.3, 0.4) is 0 Å². The molecule has 0 spiro atoms. The van der Waals surface area contributed by atoms with Gasteiger partial charge in [0.2, 0.25) is 0 Å². The Morgan fingerprint density at radius 1 is 1.11 bits per heavy atom. The highest BCUT2D eigenvalue weighted by molar-refractivity contribution is 5.84. The number of hydrogen-bond donors (Lipinski definition) is 3. The number of hydrogen-bond acceptors (Lipinski definition) is 6. The maximum absolute atomic E-state index is 6.38. The molecule has 5 N–H and O–H groups in total. The van der Waals surface area contributed by atoms with Gasteiger partial charge in [-0.15, -0.1) is 0 Å². The first-order valence-electron chi connectivity index (χ1n) is 9.09. The zero-order chi connectivity index (χ0) is 19.0. The Labute approximate surface area is 159 Å². The summed E-state index contributed by atoms with van der Waals surface area (Å²) in [5, 5.41) is 3.43. The third kappa shape index (κ3) is 3.39. The molecule has 1 unspecified atom stereocenters. The van der Waals surface area contributed by atoms with E-state index in [0.717, 1.165) is 40.2 Å². The summed E-state index contributed by atoms with van der Waals surface area (Å²) in [6.07, 6.45) is -0.439. The van der Waals surface area contributed by atoms with Crippen LogP contribution in [0.5, 0.6) is 0 Å². The quantitative estimate of drug-likeness (QED) is 0.704. The molecule has 6 heteroatoms. The lowest BCUT2D eigenvalue weighted by Crippen LogP contribution is -2.45. The molecule has 27 heavy (non-hydrogen) atoms. The number of nitrogens with one attached hydrogen (secondary N) is 1. The van der Waals surface area contributed by atoms with E-state index in [9.17, 15) is 0 Å². The second kappa shape index (κ2) is 7.23. The molecule has 0 bridgehead atoms. The average molecular weight is 367 g/mol. The summed E-state index contributed by atoms with van der Waals surface area (Å²) < 4.78 is 16.9. The predicted molar refractivity (Wildman–Crippen MR) is 106 cm³/mol. The normalized spacial score (nSPS) is 24.6. The highest BCUT2D eigenvalue weighted by atomic mass is 16.9. The Hall–Kier alpha value is -2.54. The van der Waals surface area contributed by atoms with Gasteiger partial charge in [0.05, 0.1) is 12.5 Å². The molecule has 2 aromatic carbocycles. The van der Waals surface area contributed by atoms with Crippen molar-refractivity contribution in [3.63, 3.8) is 0 Å². The lowest BCUT2D eigenvalue weighted by Gasteiger charge is -2.38. The van der Waals surface area contributed by atoms with Gasteiger partial charge in [0.1, 0.15) is 0 Å². The van der Waals surface area contributed by atoms with Crippen LogP contribution in [-0.4, -0.2) is 32.8 Å². The van der Waals surface area contributed by atoms with Gasteiger partial charge in [-0.1, -0.05) is 18.2 Å². The molecular weight excluding hydrogens is 342 g/mol. The minimum atomic E-state index is -0.271. The molecule has 0 aromatic heterocycles. The van der Waals surface area contributed by atoms with Gasteiger partial charge in [-0.2, -0.15) is 0 Å². The van der Waals surface area contributed by atoms with Gasteiger partial charge in [-0.3, -0.25) is 0 Å². The van der Waals surface area contributed by atoms with Crippen molar-refractivity contribution in [2.24, 2.45) is 5.92 Å². The summed E-state index contributed by atoms with van der Waals surface area (Å²) in [4.78, 5) is 0. The first kappa shape index (κ1) is 17.9. The molecule has 2 heterocycles. The summed E-state index contributed by atoms with van der Waals surface area (Å²) in [5.41, 5.74) is 19.0. The van der Waals surface area contributed by atoms with Crippen LogP contribution in [0.4, 0.5) is 11.4 Å². The molecule has 4 rings (SSSR count). The zero-order valence-corrected chi connectivity index (χ0v) is 15.6. The summed E-state index contributed by atoms with van der Waals surface area (Å²) in [6.45, 7) is 3.11. The highest BCUT2D eigenvalue weighted by Gasteiger charge is 2.41. The van der Waals surface area contributed by atoms with Gasteiger partial charge in [0.25, 0.3) is 0 Å². The molecule has 0 saturated carbocycles. The fourth-order valence-corrected chi connectivity index (χ4v) is 3.79. The largest absolute Gasteiger partial charge is 0.399 e. The second-order valence-corrected chi connectivity index (χ2v) is 6.95. The lowest BCUT2D eigenvalue weighted by molar-refractivity contribution is -0.385. The molecule has 0 radical (unpaired) electrons. The Bertz CT molecular complexity index is 875. The van der Waals surface area contributed by atoms with E-state index in [0.29, 0.717) is 12.3 Å². The van der Waals surface area contributed by atoms with Crippen molar-refractivity contribution >= 4 is 16.9 Å². The Kier molecular flexibility index (Phi) is 4.78. The average Bonchev–Trinajstić information content (AvgIpc) is 3.03. The van der Waals surface area contributed by atoms with Gasteiger partial charge < -0.3 is 31.0 Å². The van der Waals surface area contributed by atoms with E-state index in [1.165, 1.54) is 0 Å². The minimum absolute atomic E-state index is 0.0599.